The van der Waals surface area contributed by atoms with Crippen molar-refractivity contribution in [2.75, 3.05) is 18.9 Å². The highest BCUT2D eigenvalue weighted by atomic mass is 32.2. The minimum Gasteiger partial charge on any atom is -0.394 e. The first kappa shape index (κ1) is 29.1. The van der Waals surface area contributed by atoms with Crippen molar-refractivity contribution in [1.29, 1.82) is 0 Å². The van der Waals surface area contributed by atoms with Gasteiger partial charge in [-0.2, -0.15) is 0 Å². The largest absolute Gasteiger partial charge is 0.394 e. The predicted molar refractivity (Wildman–Crippen MR) is 138 cm³/mol. The number of thioether (sulfide) groups is 1. The average Bonchev–Trinajstić information content (AvgIpc) is 2.74. The summed E-state index contributed by atoms with van der Waals surface area (Å²) in [5, 5.41) is 0.334. The van der Waals surface area contributed by atoms with E-state index in [1.54, 1.807) is 0 Å². The maximum absolute atomic E-state index is 11.8. The molecule has 1 rings (SSSR count). The molecule has 6 heteroatoms. The quantitative estimate of drug-likeness (QED) is 0.163. The lowest BCUT2D eigenvalue weighted by atomic mass is 9.97. The maximum Gasteiger partial charge on any atom is 0.355 e. The van der Waals surface area contributed by atoms with Crippen LogP contribution in [-0.4, -0.2) is 32.6 Å². The minimum atomic E-state index is -2.15. The van der Waals surface area contributed by atoms with Crippen LogP contribution in [0.4, 0.5) is 0 Å². The Hall–Kier alpha value is 0.117. The van der Waals surface area contributed by atoms with Crippen molar-refractivity contribution in [3.05, 3.63) is 0 Å². The number of hydroxylamine groups is 1. The molecule has 0 bridgehead atoms. The fraction of sp³-hybridized carbons (Fsp3) is 0.960. The van der Waals surface area contributed by atoms with Crippen molar-refractivity contribution in [1.82, 2.24) is 5.48 Å². The van der Waals surface area contributed by atoms with Gasteiger partial charge in [0.05, 0.1) is 0 Å². The molecule has 1 saturated heterocycles. The van der Waals surface area contributed by atoms with E-state index in [4.69, 9.17) is 8.95 Å². The third-order valence-electron chi connectivity index (χ3n) is 6.33. The molecule has 0 radical (unpaired) electrons. The first-order valence-electron chi connectivity index (χ1n) is 13.3. The highest BCUT2D eigenvalue weighted by Gasteiger charge is 2.33. The third-order valence-corrected chi connectivity index (χ3v) is 10.0. The van der Waals surface area contributed by atoms with Crippen molar-refractivity contribution in [3.8, 4) is 0 Å². The second-order valence-corrected chi connectivity index (χ2v) is 13.9. The van der Waals surface area contributed by atoms with Crippen molar-refractivity contribution in [2.24, 2.45) is 5.92 Å². The van der Waals surface area contributed by atoms with E-state index >= 15 is 0 Å². The number of carbonyl (C=O) groups is 1. The number of nitrogens with one attached hydrogen (secondary N) is 1. The van der Waals surface area contributed by atoms with Gasteiger partial charge in [0.1, 0.15) is 0 Å². The zero-order valence-corrected chi connectivity index (χ0v) is 22.7. The van der Waals surface area contributed by atoms with E-state index in [0.717, 1.165) is 50.6 Å². The zero-order valence-electron chi connectivity index (χ0n) is 20.9. The van der Waals surface area contributed by atoms with Crippen molar-refractivity contribution >= 4 is 25.4 Å². The first-order chi connectivity index (χ1) is 15.1. The molecular formula is C25H51NO3SSi. The number of hydrogen-bond acceptors (Lipinski definition) is 5. The van der Waals surface area contributed by atoms with E-state index < -0.39 is 8.56 Å². The summed E-state index contributed by atoms with van der Waals surface area (Å²) in [5.74, 6) is 1.55. The molecule has 31 heavy (non-hydrogen) atoms. The Bertz CT molecular complexity index is 429. The standard InChI is InChI=1S/C25H51NO3SSi/c1-4-6-8-9-10-11-12-13-14-15-17-24-19-20-28-31(3,29-26-23-24)22-16-21-30-25(27)18-7-5-2/h24,26H,4-23H2,1-3H3. The molecule has 0 aromatic carbocycles. The van der Waals surface area contributed by atoms with Gasteiger partial charge in [-0.3, -0.25) is 4.79 Å². The molecule has 0 aliphatic carbocycles. The number of unbranched alkanes of at least 4 members (excludes halogenated alkanes) is 10. The average molecular weight is 474 g/mol. The van der Waals surface area contributed by atoms with Gasteiger partial charge in [-0.25, -0.2) is 5.48 Å². The first-order valence-corrected chi connectivity index (χ1v) is 16.8. The van der Waals surface area contributed by atoms with E-state index in [-0.39, 0.29) is 0 Å². The van der Waals surface area contributed by atoms with E-state index in [9.17, 15) is 4.79 Å². The van der Waals surface area contributed by atoms with Crippen LogP contribution in [0.5, 0.6) is 0 Å². The summed E-state index contributed by atoms with van der Waals surface area (Å²) in [5.41, 5.74) is 3.25. The van der Waals surface area contributed by atoms with E-state index in [1.165, 1.54) is 82.4 Å². The van der Waals surface area contributed by atoms with Crippen molar-refractivity contribution < 1.29 is 13.7 Å². The molecule has 4 nitrogen and oxygen atoms in total. The zero-order chi connectivity index (χ0) is 22.6. The van der Waals surface area contributed by atoms with Crippen LogP contribution in [0.1, 0.15) is 117 Å². The lowest BCUT2D eigenvalue weighted by molar-refractivity contribution is -0.111. The van der Waals surface area contributed by atoms with Gasteiger partial charge in [0, 0.05) is 25.3 Å². The van der Waals surface area contributed by atoms with Crippen LogP contribution in [-0.2, 0) is 13.7 Å². The van der Waals surface area contributed by atoms with E-state index in [0.29, 0.717) is 17.5 Å². The third kappa shape index (κ3) is 16.4. The fourth-order valence-corrected chi connectivity index (χ4v) is 7.27. The van der Waals surface area contributed by atoms with Crippen LogP contribution in [0.3, 0.4) is 0 Å². The van der Waals surface area contributed by atoms with Gasteiger partial charge >= 0.3 is 8.56 Å². The molecule has 1 aliphatic heterocycles. The van der Waals surface area contributed by atoms with Gasteiger partial charge in [0.25, 0.3) is 0 Å². The fourth-order valence-electron chi connectivity index (χ4n) is 4.15. The molecule has 2 atom stereocenters. The SMILES string of the molecule is CCCCCCCCCCCCC1CCO[Si](C)(CCCSC(=O)CCCC)ONC1. The lowest BCUT2D eigenvalue weighted by Crippen LogP contribution is -2.47. The van der Waals surface area contributed by atoms with Gasteiger partial charge in [0.2, 0.25) is 0 Å². The Kier molecular flexibility index (Phi) is 18.4. The molecule has 0 amide bonds. The molecule has 2 unspecified atom stereocenters. The van der Waals surface area contributed by atoms with Gasteiger partial charge in [-0.1, -0.05) is 96.2 Å². The number of carbonyl (C=O) groups excluding carboxylic acids is 1. The molecule has 0 aromatic rings. The molecule has 0 aromatic heterocycles. The Balaban J connectivity index is 2.04. The monoisotopic (exact) mass is 473 g/mol. The maximum atomic E-state index is 11.8. The summed E-state index contributed by atoms with van der Waals surface area (Å²) in [7, 11) is -2.15. The Labute approximate surface area is 198 Å². The van der Waals surface area contributed by atoms with Gasteiger partial charge < -0.3 is 8.95 Å². The number of rotatable bonds is 18. The van der Waals surface area contributed by atoms with Gasteiger partial charge in [-0.15, -0.1) is 0 Å². The van der Waals surface area contributed by atoms with Crippen molar-refractivity contribution in [2.45, 2.75) is 129 Å². The van der Waals surface area contributed by atoms with Crippen LogP contribution in [0.2, 0.25) is 12.6 Å². The molecule has 0 spiro atoms. The summed E-state index contributed by atoms with van der Waals surface area (Å²) in [6.07, 6.45) is 20.2. The molecule has 1 fully saturated rings. The van der Waals surface area contributed by atoms with Crippen LogP contribution in [0, 0.1) is 5.92 Å². The topological polar surface area (TPSA) is 47.6 Å². The highest BCUT2D eigenvalue weighted by Crippen LogP contribution is 2.23. The summed E-state index contributed by atoms with van der Waals surface area (Å²) in [4.78, 5) is 11.8. The Morgan fingerprint density at radius 1 is 0.935 bits per heavy atom. The Morgan fingerprint density at radius 3 is 2.26 bits per heavy atom. The summed E-state index contributed by atoms with van der Waals surface area (Å²) in [6.45, 7) is 8.35. The Morgan fingerprint density at radius 2 is 1.58 bits per heavy atom. The normalized spacial score (nSPS) is 22.2. The molecule has 1 N–H and O–H groups in total. The van der Waals surface area contributed by atoms with E-state index in [1.807, 2.05) is 0 Å². The van der Waals surface area contributed by atoms with Crippen LogP contribution < -0.4 is 5.48 Å². The molecule has 0 saturated carbocycles. The summed E-state index contributed by atoms with van der Waals surface area (Å²) < 4.78 is 12.3. The summed E-state index contributed by atoms with van der Waals surface area (Å²) in [6, 6.07) is 0.956. The smallest absolute Gasteiger partial charge is 0.355 e. The minimum absolute atomic E-state index is 0.334. The predicted octanol–water partition coefficient (Wildman–Crippen LogP) is 7.77. The summed E-state index contributed by atoms with van der Waals surface area (Å²) >= 11 is 1.49. The van der Waals surface area contributed by atoms with E-state index in [2.05, 4.69) is 25.9 Å². The van der Waals surface area contributed by atoms with Gasteiger partial charge in [-0.05, 0) is 44.2 Å². The van der Waals surface area contributed by atoms with Gasteiger partial charge in [0.15, 0.2) is 5.12 Å². The number of hydrogen-bond donors (Lipinski definition) is 1. The molecular weight excluding hydrogens is 422 g/mol. The van der Waals surface area contributed by atoms with Crippen LogP contribution >= 0.6 is 11.8 Å². The molecule has 184 valence electrons. The molecule has 1 aliphatic rings. The van der Waals surface area contributed by atoms with Crippen LogP contribution in [0.15, 0.2) is 0 Å². The lowest BCUT2D eigenvalue weighted by Gasteiger charge is -2.31. The highest BCUT2D eigenvalue weighted by molar-refractivity contribution is 8.13. The van der Waals surface area contributed by atoms with Crippen molar-refractivity contribution in [3.63, 3.8) is 0 Å². The second-order valence-electron chi connectivity index (χ2n) is 9.49. The second kappa shape index (κ2) is 19.6. The molecule has 1 heterocycles. The van der Waals surface area contributed by atoms with Crippen LogP contribution in [0.25, 0.3) is 0 Å².